The van der Waals surface area contributed by atoms with Crippen LogP contribution in [0.15, 0.2) is 22.7 Å². The molecule has 0 atom stereocenters. The molecule has 6 heteroatoms. The molecule has 1 aliphatic rings. The highest BCUT2D eigenvalue weighted by Crippen LogP contribution is 2.24. The summed E-state index contributed by atoms with van der Waals surface area (Å²) in [6.07, 6.45) is 1.64. The Morgan fingerprint density at radius 2 is 2.00 bits per heavy atom. The van der Waals surface area contributed by atoms with Crippen LogP contribution in [0.25, 0.3) is 0 Å². The Bertz CT molecular complexity index is 525. The van der Waals surface area contributed by atoms with E-state index in [1.165, 1.54) is 0 Å². The van der Waals surface area contributed by atoms with Crippen LogP contribution in [0, 0.1) is 5.92 Å². The van der Waals surface area contributed by atoms with Gasteiger partial charge in [-0.2, -0.15) is 0 Å². The normalized spacial score (nSPS) is 16.1. The average Bonchev–Trinajstić information content (AvgIpc) is 2.38. The van der Waals surface area contributed by atoms with Gasteiger partial charge in [-0.05, 0) is 37.0 Å². The molecule has 0 radical (unpaired) electrons. The maximum atomic E-state index is 12.4. The van der Waals surface area contributed by atoms with E-state index in [1.54, 1.807) is 23.1 Å². The number of nitrogen functional groups attached to an aromatic ring is 1. The van der Waals surface area contributed by atoms with Crippen molar-refractivity contribution in [3.8, 4) is 0 Å². The quantitative estimate of drug-likeness (QED) is 0.827. The number of likely N-dealkylation sites (tertiary alicyclic amines) is 1. The zero-order valence-corrected chi connectivity index (χ0v) is 12.6. The largest absolute Gasteiger partial charge is 0.481 e. The maximum absolute atomic E-state index is 12.4. The SMILES string of the molecule is Nc1cc(Br)ccc1C(=O)N1CCC(CC(=O)O)CC1. The van der Waals surface area contributed by atoms with Gasteiger partial charge in [-0.3, -0.25) is 9.59 Å². The third-order valence-corrected chi connectivity index (χ3v) is 4.10. The zero-order valence-electron chi connectivity index (χ0n) is 11.0. The van der Waals surface area contributed by atoms with Crippen molar-refractivity contribution in [2.75, 3.05) is 18.8 Å². The number of aliphatic carboxylic acids is 1. The summed E-state index contributed by atoms with van der Waals surface area (Å²) in [5, 5.41) is 8.78. The predicted octanol–water partition coefficient (Wildman–Crippen LogP) is 2.36. The molecule has 1 amide bonds. The number of carbonyl (C=O) groups excluding carboxylic acids is 1. The van der Waals surface area contributed by atoms with E-state index in [9.17, 15) is 9.59 Å². The number of amides is 1. The molecule has 0 bridgehead atoms. The van der Waals surface area contributed by atoms with Crippen LogP contribution in [0.1, 0.15) is 29.6 Å². The van der Waals surface area contributed by atoms with Gasteiger partial charge in [0.05, 0.1) is 5.56 Å². The first kappa shape index (κ1) is 14.8. The lowest BCUT2D eigenvalue weighted by Crippen LogP contribution is -2.39. The molecular formula is C14H17BrN2O3. The first-order chi connectivity index (χ1) is 9.47. The molecule has 1 aromatic carbocycles. The Hall–Kier alpha value is -1.56. The number of hydrogen-bond acceptors (Lipinski definition) is 3. The Morgan fingerprint density at radius 1 is 1.35 bits per heavy atom. The fraction of sp³-hybridized carbons (Fsp3) is 0.429. The number of piperidine rings is 1. The van der Waals surface area contributed by atoms with Crippen LogP contribution in [0.2, 0.25) is 0 Å². The minimum absolute atomic E-state index is 0.0798. The molecule has 108 valence electrons. The molecule has 1 heterocycles. The lowest BCUT2D eigenvalue weighted by molar-refractivity contribution is -0.138. The van der Waals surface area contributed by atoms with Crippen molar-refractivity contribution in [3.63, 3.8) is 0 Å². The number of halogens is 1. The zero-order chi connectivity index (χ0) is 14.7. The molecule has 5 nitrogen and oxygen atoms in total. The Morgan fingerprint density at radius 3 is 2.55 bits per heavy atom. The van der Waals surface area contributed by atoms with Crippen molar-refractivity contribution in [3.05, 3.63) is 28.2 Å². The van der Waals surface area contributed by atoms with Crippen molar-refractivity contribution in [1.29, 1.82) is 0 Å². The topological polar surface area (TPSA) is 83.6 Å². The molecular weight excluding hydrogens is 324 g/mol. The molecule has 20 heavy (non-hydrogen) atoms. The van der Waals surface area contributed by atoms with E-state index < -0.39 is 5.97 Å². The Balaban J connectivity index is 1.99. The Labute approximate surface area is 125 Å². The van der Waals surface area contributed by atoms with Crippen molar-refractivity contribution in [2.45, 2.75) is 19.3 Å². The van der Waals surface area contributed by atoms with E-state index in [2.05, 4.69) is 15.9 Å². The smallest absolute Gasteiger partial charge is 0.303 e. The third-order valence-electron chi connectivity index (χ3n) is 3.61. The molecule has 3 N–H and O–H groups in total. The van der Waals surface area contributed by atoms with Gasteiger partial charge in [-0.1, -0.05) is 15.9 Å². The minimum Gasteiger partial charge on any atom is -0.481 e. The molecule has 0 saturated carbocycles. The molecule has 0 aromatic heterocycles. The predicted molar refractivity (Wildman–Crippen MR) is 79.4 cm³/mol. The van der Waals surface area contributed by atoms with Crippen molar-refractivity contribution in [2.24, 2.45) is 5.92 Å². The molecule has 1 fully saturated rings. The summed E-state index contributed by atoms with van der Waals surface area (Å²) < 4.78 is 0.840. The summed E-state index contributed by atoms with van der Waals surface area (Å²) in [6, 6.07) is 5.22. The second-order valence-electron chi connectivity index (χ2n) is 5.07. The first-order valence-electron chi connectivity index (χ1n) is 6.53. The van der Waals surface area contributed by atoms with Crippen LogP contribution in [-0.2, 0) is 4.79 Å². The van der Waals surface area contributed by atoms with Gasteiger partial charge in [0.25, 0.3) is 5.91 Å². The van der Waals surface area contributed by atoms with Gasteiger partial charge < -0.3 is 15.7 Å². The van der Waals surface area contributed by atoms with E-state index in [4.69, 9.17) is 10.8 Å². The van der Waals surface area contributed by atoms with E-state index in [0.717, 1.165) is 17.3 Å². The van der Waals surface area contributed by atoms with Crippen LogP contribution in [-0.4, -0.2) is 35.0 Å². The molecule has 1 aliphatic heterocycles. The van der Waals surface area contributed by atoms with E-state index >= 15 is 0 Å². The van der Waals surface area contributed by atoms with Gasteiger partial charge in [-0.25, -0.2) is 0 Å². The van der Waals surface area contributed by atoms with Crippen LogP contribution < -0.4 is 5.73 Å². The fourth-order valence-electron chi connectivity index (χ4n) is 2.49. The highest BCUT2D eigenvalue weighted by molar-refractivity contribution is 9.10. The molecule has 1 saturated heterocycles. The molecule has 0 spiro atoms. The van der Waals surface area contributed by atoms with Gasteiger partial charge in [0.15, 0.2) is 0 Å². The van der Waals surface area contributed by atoms with E-state index in [1.807, 2.05) is 0 Å². The number of benzene rings is 1. The molecule has 2 rings (SSSR count). The van der Waals surface area contributed by atoms with E-state index in [0.29, 0.717) is 24.3 Å². The fourth-order valence-corrected chi connectivity index (χ4v) is 2.86. The summed E-state index contributed by atoms with van der Waals surface area (Å²) in [7, 11) is 0. The van der Waals surface area contributed by atoms with Crippen LogP contribution >= 0.6 is 15.9 Å². The van der Waals surface area contributed by atoms with Gasteiger partial charge in [0, 0.05) is 29.7 Å². The Kier molecular flexibility index (Phi) is 4.65. The first-order valence-corrected chi connectivity index (χ1v) is 7.32. The number of carbonyl (C=O) groups is 2. The number of carboxylic acids is 1. The molecule has 0 unspecified atom stereocenters. The van der Waals surface area contributed by atoms with E-state index in [-0.39, 0.29) is 18.2 Å². The summed E-state index contributed by atoms with van der Waals surface area (Å²) in [6.45, 7) is 1.18. The number of nitrogens with zero attached hydrogens (tertiary/aromatic N) is 1. The summed E-state index contributed by atoms with van der Waals surface area (Å²) in [5.41, 5.74) is 6.83. The molecule has 1 aromatic rings. The standard InChI is InChI=1S/C14H17BrN2O3/c15-10-1-2-11(12(16)8-10)14(20)17-5-3-9(4-6-17)7-13(18)19/h1-2,8-9H,3-7,16H2,(H,18,19). The van der Waals surface area contributed by atoms with Gasteiger partial charge in [0.2, 0.25) is 0 Å². The number of anilines is 1. The van der Waals surface area contributed by atoms with Gasteiger partial charge in [-0.15, -0.1) is 0 Å². The van der Waals surface area contributed by atoms with Crippen molar-refractivity contribution in [1.82, 2.24) is 4.90 Å². The average molecular weight is 341 g/mol. The van der Waals surface area contributed by atoms with Gasteiger partial charge >= 0.3 is 5.97 Å². The van der Waals surface area contributed by atoms with Crippen LogP contribution in [0.4, 0.5) is 5.69 Å². The monoisotopic (exact) mass is 340 g/mol. The third kappa shape index (κ3) is 3.50. The van der Waals surface area contributed by atoms with Gasteiger partial charge in [0.1, 0.15) is 0 Å². The van der Waals surface area contributed by atoms with Crippen molar-refractivity contribution >= 4 is 33.5 Å². The second kappa shape index (κ2) is 6.26. The van der Waals surface area contributed by atoms with Crippen molar-refractivity contribution < 1.29 is 14.7 Å². The number of rotatable bonds is 3. The number of carboxylic acid groups (broad SMARTS) is 1. The maximum Gasteiger partial charge on any atom is 0.303 e. The lowest BCUT2D eigenvalue weighted by atomic mass is 9.93. The summed E-state index contributed by atoms with van der Waals surface area (Å²) >= 11 is 3.31. The summed E-state index contributed by atoms with van der Waals surface area (Å²) in [5.74, 6) is -0.686. The van der Waals surface area contributed by atoms with Crippen LogP contribution in [0.3, 0.4) is 0 Å². The summed E-state index contributed by atoms with van der Waals surface area (Å²) in [4.78, 5) is 24.8. The number of hydrogen-bond donors (Lipinski definition) is 2. The highest BCUT2D eigenvalue weighted by atomic mass is 79.9. The highest BCUT2D eigenvalue weighted by Gasteiger charge is 2.25. The lowest BCUT2D eigenvalue weighted by Gasteiger charge is -2.31. The molecule has 0 aliphatic carbocycles. The second-order valence-corrected chi connectivity index (χ2v) is 5.98. The van der Waals surface area contributed by atoms with Crippen LogP contribution in [0.5, 0.6) is 0 Å². The number of nitrogens with two attached hydrogens (primary N) is 1. The minimum atomic E-state index is -0.771.